The smallest absolute Gasteiger partial charge is 0.238 e. The average Bonchev–Trinajstić information content (AvgIpc) is 3.39. The molecule has 1 amide bonds. The second-order valence-corrected chi connectivity index (χ2v) is 7.78. The Balaban J connectivity index is 1.47. The van der Waals surface area contributed by atoms with Crippen molar-refractivity contribution in [3.8, 4) is 17.2 Å². The number of amides is 1. The molecular formula is C23H28N2O4. The molecule has 0 saturated heterocycles. The number of methoxy groups -OCH3 is 1. The lowest BCUT2D eigenvalue weighted by Crippen LogP contribution is -2.39. The Morgan fingerprint density at radius 3 is 2.72 bits per heavy atom. The molecule has 1 N–H and O–H groups in total. The summed E-state index contributed by atoms with van der Waals surface area (Å²) in [5.74, 6) is 2.21. The summed E-state index contributed by atoms with van der Waals surface area (Å²) in [7, 11) is 1.62. The van der Waals surface area contributed by atoms with Crippen LogP contribution in [0.4, 0.5) is 5.69 Å². The normalized spacial score (nSPS) is 15.7. The maximum atomic E-state index is 12.9. The van der Waals surface area contributed by atoms with Crippen molar-refractivity contribution in [2.45, 2.75) is 45.2 Å². The van der Waals surface area contributed by atoms with Gasteiger partial charge in [0.05, 0.1) is 19.3 Å². The van der Waals surface area contributed by atoms with Gasteiger partial charge in [-0.1, -0.05) is 25.0 Å². The number of nitrogens with one attached hydrogen (secondary N) is 1. The van der Waals surface area contributed by atoms with Crippen LogP contribution in [0.1, 0.15) is 36.8 Å². The van der Waals surface area contributed by atoms with Gasteiger partial charge in [-0.2, -0.15) is 0 Å². The summed E-state index contributed by atoms with van der Waals surface area (Å²) in [4.78, 5) is 15.2. The van der Waals surface area contributed by atoms with Crippen LogP contribution >= 0.6 is 0 Å². The molecule has 2 aromatic carbocycles. The fraction of sp³-hybridized carbons (Fsp3) is 0.435. The molecule has 1 heterocycles. The van der Waals surface area contributed by atoms with Gasteiger partial charge in [0.25, 0.3) is 0 Å². The molecule has 1 aliphatic heterocycles. The van der Waals surface area contributed by atoms with E-state index in [4.69, 9.17) is 14.2 Å². The summed E-state index contributed by atoms with van der Waals surface area (Å²) in [6.07, 6.45) is 4.70. The van der Waals surface area contributed by atoms with Crippen LogP contribution in [0, 0.1) is 6.92 Å². The predicted molar refractivity (Wildman–Crippen MR) is 112 cm³/mol. The lowest BCUT2D eigenvalue weighted by Gasteiger charge is -2.28. The number of hydrogen-bond donors (Lipinski definition) is 1. The second-order valence-electron chi connectivity index (χ2n) is 7.78. The van der Waals surface area contributed by atoms with Gasteiger partial charge < -0.3 is 19.5 Å². The summed E-state index contributed by atoms with van der Waals surface area (Å²) in [5, 5.41) is 3.03. The molecule has 0 aromatic heterocycles. The zero-order chi connectivity index (χ0) is 20.2. The molecule has 0 atom stereocenters. The lowest BCUT2D eigenvalue weighted by atomic mass is 10.1. The minimum atomic E-state index is -0.0263. The molecule has 1 aliphatic carbocycles. The average molecular weight is 396 g/mol. The molecule has 0 bridgehead atoms. The maximum Gasteiger partial charge on any atom is 0.238 e. The van der Waals surface area contributed by atoms with Crippen molar-refractivity contribution in [2.24, 2.45) is 0 Å². The van der Waals surface area contributed by atoms with Gasteiger partial charge in [-0.05, 0) is 55.2 Å². The van der Waals surface area contributed by atoms with Gasteiger partial charge in [-0.25, -0.2) is 0 Å². The molecule has 6 nitrogen and oxygen atoms in total. The molecule has 6 heteroatoms. The third-order valence-corrected chi connectivity index (χ3v) is 5.64. The Hall–Kier alpha value is -2.73. The Morgan fingerprint density at radius 1 is 1.14 bits per heavy atom. The van der Waals surface area contributed by atoms with Crippen LogP contribution in [0.25, 0.3) is 0 Å². The van der Waals surface area contributed by atoms with Crippen LogP contribution in [-0.2, 0) is 11.3 Å². The number of carbonyl (C=O) groups is 1. The lowest BCUT2D eigenvalue weighted by molar-refractivity contribution is -0.118. The first-order valence-electron chi connectivity index (χ1n) is 10.2. The number of ether oxygens (including phenoxy) is 3. The minimum Gasteiger partial charge on any atom is -0.495 e. The molecule has 29 heavy (non-hydrogen) atoms. The van der Waals surface area contributed by atoms with E-state index in [0.717, 1.165) is 35.5 Å². The van der Waals surface area contributed by atoms with Crippen LogP contribution in [0.5, 0.6) is 17.2 Å². The zero-order valence-electron chi connectivity index (χ0n) is 17.1. The van der Waals surface area contributed by atoms with Gasteiger partial charge in [-0.15, -0.1) is 0 Å². The fourth-order valence-corrected chi connectivity index (χ4v) is 4.15. The molecule has 2 aromatic rings. The van der Waals surface area contributed by atoms with Crippen LogP contribution in [-0.4, -0.2) is 37.3 Å². The number of fused-ring (bicyclic) bond motifs is 1. The molecule has 1 fully saturated rings. The molecule has 0 spiro atoms. The summed E-state index contributed by atoms with van der Waals surface area (Å²) < 4.78 is 16.3. The van der Waals surface area contributed by atoms with Crippen molar-refractivity contribution >= 4 is 11.6 Å². The summed E-state index contributed by atoms with van der Waals surface area (Å²) >= 11 is 0. The van der Waals surface area contributed by atoms with E-state index in [2.05, 4.69) is 16.3 Å². The third-order valence-electron chi connectivity index (χ3n) is 5.64. The first-order valence-corrected chi connectivity index (χ1v) is 10.2. The number of nitrogens with zero attached hydrogens (tertiary/aromatic N) is 1. The highest BCUT2D eigenvalue weighted by atomic mass is 16.7. The molecule has 154 valence electrons. The zero-order valence-corrected chi connectivity index (χ0v) is 17.1. The van der Waals surface area contributed by atoms with Crippen LogP contribution in [0.2, 0.25) is 0 Å². The van der Waals surface area contributed by atoms with Crippen molar-refractivity contribution in [3.05, 3.63) is 47.5 Å². The van der Waals surface area contributed by atoms with Crippen molar-refractivity contribution in [3.63, 3.8) is 0 Å². The van der Waals surface area contributed by atoms with Gasteiger partial charge in [0.2, 0.25) is 12.7 Å². The highest BCUT2D eigenvalue weighted by Crippen LogP contribution is 2.34. The van der Waals surface area contributed by atoms with E-state index in [1.807, 2.05) is 37.3 Å². The van der Waals surface area contributed by atoms with Crippen molar-refractivity contribution in [2.75, 3.05) is 25.8 Å². The van der Waals surface area contributed by atoms with Crippen LogP contribution in [0.15, 0.2) is 36.4 Å². The van der Waals surface area contributed by atoms with Gasteiger partial charge in [0.1, 0.15) is 5.75 Å². The Labute approximate surface area is 171 Å². The van der Waals surface area contributed by atoms with Crippen molar-refractivity contribution in [1.29, 1.82) is 0 Å². The van der Waals surface area contributed by atoms with E-state index in [1.54, 1.807) is 7.11 Å². The minimum absolute atomic E-state index is 0.0263. The Bertz CT molecular complexity index is 877. The van der Waals surface area contributed by atoms with E-state index in [1.165, 1.54) is 12.8 Å². The van der Waals surface area contributed by atoms with Gasteiger partial charge in [0.15, 0.2) is 11.5 Å². The van der Waals surface area contributed by atoms with E-state index in [9.17, 15) is 4.79 Å². The largest absolute Gasteiger partial charge is 0.495 e. The standard InChI is InChI=1S/C23H28N2O4/c1-16-7-9-20(27-2)19(11-16)24-23(26)14-25(18-5-3-4-6-18)13-17-8-10-21-22(12-17)29-15-28-21/h7-12,18H,3-6,13-15H2,1-2H3,(H,24,26). The van der Waals surface area contributed by atoms with E-state index >= 15 is 0 Å². The molecule has 4 rings (SSSR count). The number of anilines is 1. The number of benzene rings is 2. The number of carbonyl (C=O) groups excluding carboxylic acids is 1. The molecule has 0 radical (unpaired) electrons. The molecule has 2 aliphatic rings. The first kappa shape index (κ1) is 19.6. The van der Waals surface area contributed by atoms with E-state index in [0.29, 0.717) is 30.6 Å². The molecule has 1 saturated carbocycles. The number of hydrogen-bond acceptors (Lipinski definition) is 5. The second kappa shape index (κ2) is 8.74. The fourth-order valence-electron chi connectivity index (χ4n) is 4.15. The summed E-state index contributed by atoms with van der Waals surface area (Å²) in [6.45, 7) is 3.32. The Kier molecular flexibility index (Phi) is 5.90. The van der Waals surface area contributed by atoms with Gasteiger partial charge >= 0.3 is 0 Å². The number of aryl methyl sites for hydroxylation is 1. The quantitative estimate of drug-likeness (QED) is 0.763. The Morgan fingerprint density at radius 2 is 1.93 bits per heavy atom. The van der Waals surface area contributed by atoms with E-state index in [-0.39, 0.29) is 12.7 Å². The highest BCUT2D eigenvalue weighted by Gasteiger charge is 2.25. The molecule has 0 unspecified atom stereocenters. The van der Waals surface area contributed by atoms with Gasteiger partial charge in [-0.3, -0.25) is 9.69 Å². The van der Waals surface area contributed by atoms with Gasteiger partial charge in [0, 0.05) is 12.6 Å². The molecular weight excluding hydrogens is 368 g/mol. The SMILES string of the molecule is COc1ccc(C)cc1NC(=O)CN(Cc1ccc2c(c1)OCO2)C1CCCC1. The topological polar surface area (TPSA) is 60.0 Å². The summed E-state index contributed by atoms with van der Waals surface area (Å²) in [5.41, 5.74) is 2.92. The summed E-state index contributed by atoms with van der Waals surface area (Å²) in [6, 6.07) is 12.2. The van der Waals surface area contributed by atoms with Crippen LogP contribution in [0.3, 0.4) is 0 Å². The van der Waals surface area contributed by atoms with E-state index < -0.39 is 0 Å². The highest BCUT2D eigenvalue weighted by molar-refractivity contribution is 5.93. The first-order chi connectivity index (χ1) is 14.1. The van der Waals surface area contributed by atoms with Crippen LogP contribution < -0.4 is 19.5 Å². The third kappa shape index (κ3) is 4.65. The maximum absolute atomic E-state index is 12.9. The van der Waals surface area contributed by atoms with Crippen molar-refractivity contribution < 1.29 is 19.0 Å². The predicted octanol–water partition coefficient (Wildman–Crippen LogP) is 4.12. The monoisotopic (exact) mass is 396 g/mol. The van der Waals surface area contributed by atoms with Crippen molar-refractivity contribution in [1.82, 2.24) is 4.90 Å². The number of rotatable bonds is 7.